The third kappa shape index (κ3) is 8.90. The van der Waals surface area contributed by atoms with Crippen molar-refractivity contribution in [1.82, 2.24) is 0 Å². The van der Waals surface area contributed by atoms with Crippen LogP contribution in [0.4, 0.5) is 0 Å². The second kappa shape index (κ2) is 12.7. The van der Waals surface area contributed by atoms with E-state index in [1.807, 2.05) is 52.0 Å². The Kier molecular flexibility index (Phi) is 10.3. The van der Waals surface area contributed by atoms with Gasteiger partial charge < -0.3 is 18.9 Å². The number of carbonyl (C=O) groups is 2. The molecule has 0 spiro atoms. The molecule has 0 unspecified atom stereocenters. The van der Waals surface area contributed by atoms with E-state index in [4.69, 9.17) is 18.9 Å². The van der Waals surface area contributed by atoms with Crippen LogP contribution in [0.15, 0.2) is 73.8 Å². The molecule has 0 aliphatic heterocycles. The maximum atomic E-state index is 11.5. The van der Waals surface area contributed by atoms with Crippen molar-refractivity contribution in [2.45, 2.75) is 64.6 Å². The van der Waals surface area contributed by atoms with E-state index in [0.29, 0.717) is 18.8 Å². The van der Waals surface area contributed by atoms with Gasteiger partial charge in [0, 0.05) is 24.0 Å². The third-order valence-electron chi connectivity index (χ3n) is 6.35. The molecule has 2 aromatic carbocycles. The van der Waals surface area contributed by atoms with E-state index in [2.05, 4.69) is 51.3 Å². The Balaban J connectivity index is 1.99. The summed E-state index contributed by atoms with van der Waals surface area (Å²) in [6.45, 7) is 19.9. The van der Waals surface area contributed by atoms with Crippen LogP contribution in [0, 0.1) is 0 Å². The Morgan fingerprint density at radius 2 is 1.24 bits per heavy atom. The highest BCUT2D eigenvalue weighted by molar-refractivity contribution is 5.81. The molecule has 2 rings (SSSR count). The second-order valence-electron chi connectivity index (χ2n) is 10.4. The van der Waals surface area contributed by atoms with Gasteiger partial charge in [-0.25, -0.2) is 9.59 Å². The minimum atomic E-state index is -0.631. The number of ether oxygens (including phenoxy) is 4. The SMILES string of the molecule is C=CC(=O)OCCOc1ccc(C(C)(C)c2ccc(C(C)(C)OCCC(C)(C)OC(=O)C=C)cc2)cc1. The van der Waals surface area contributed by atoms with E-state index < -0.39 is 23.1 Å². The monoisotopic (exact) mass is 508 g/mol. The lowest BCUT2D eigenvalue weighted by Crippen LogP contribution is -2.31. The maximum Gasteiger partial charge on any atom is 0.330 e. The number of benzene rings is 2. The van der Waals surface area contributed by atoms with Crippen molar-refractivity contribution in [3.8, 4) is 5.75 Å². The molecule has 2 aromatic rings. The molecule has 37 heavy (non-hydrogen) atoms. The summed E-state index contributed by atoms with van der Waals surface area (Å²) in [6.07, 6.45) is 2.87. The summed E-state index contributed by atoms with van der Waals surface area (Å²) in [7, 11) is 0. The van der Waals surface area contributed by atoms with Crippen molar-refractivity contribution >= 4 is 11.9 Å². The lowest BCUT2D eigenvalue weighted by atomic mass is 9.77. The van der Waals surface area contributed by atoms with Crippen LogP contribution < -0.4 is 4.74 Å². The van der Waals surface area contributed by atoms with Crippen LogP contribution in [0.3, 0.4) is 0 Å². The molecule has 0 radical (unpaired) electrons. The molecule has 0 heterocycles. The molecule has 0 saturated carbocycles. The normalized spacial score (nSPS) is 11.9. The third-order valence-corrected chi connectivity index (χ3v) is 6.35. The van der Waals surface area contributed by atoms with Gasteiger partial charge in [0.25, 0.3) is 0 Å². The van der Waals surface area contributed by atoms with Gasteiger partial charge in [-0.2, -0.15) is 0 Å². The number of hydrogen-bond donors (Lipinski definition) is 0. The Morgan fingerprint density at radius 1 is 0.730 bits per heavy atom. The smallest absolute Gasteiger partial charge is 0.330 e. The molecule has 0 atom stereocenters. The molecule has 0 bridgehead atoms. The highest BCUT2D eigenvalue weighted by Crippen LogP contribution is 2.34. The lowest BCUT2D eigenvalue weighted by molar-refractivity contribution is -0.153. The minimum absolute atomic E-state index is 0.172. The van der Waals surface area contributed by atoms with E-state index >= 15 is 0 Å². The maximum absolute atomic E-state index is 11.5. The Labute approximate surface area is 221 Å². The van der Waals surface area contributed by atoms with Crippen LogP contribution in [0.2, 0.25) is 0 Å². The van der Waals surface area contributed by atoms with Crippen molar-refractivity contribution in [3.63, 3.8) is 0 Å². The van der Waals surface area contributed by atoms with Crippen molar-refractivity contribution in [1.29, 1.82) is 0 Å². The summed E-state index contributed by atoms with van der Waals surface area (Å²) in [4.78, 5) is 22.6. The quantitative estimate of drug-likeness (QED) is 0.170. The molecule has 200 valence electrons. The molecule has 0 N–H and O–H groups in total. The van der Waals surface area contributed by atoms with Crippen LogP contribution in [-0.2, 0) is 34.8 Å². The average molecular weight is 509 g/mol. The zero-order chi connectivity index (χ0) is 27.7. The predicted octanol–water partition coefficient (Wildman–Crippen LogP) is 6.27. The summed E-state index contributed by atoms with van der Waals surface area (Å²) in [5.41, 5.74) is 2.04. The fraction of sp³-hybridized carbons (Fsp3) is 0.419. The Hall–Kier alpha value is -3.38. The predicted molar refractivity (Wildman–Crippen MR) is 146 cm³/mol. The van der Waals surface area contributed by atoms with E-state index in [-0.39, 0.29) is 18.6 Å². The van der Waals surface area contributed by atoms with Crippen LogP contribution in [0.5, 0.6) is 5.75 Å². The zero-order valence-corrected chi connectivity index (χ0v) is 23.0. The Bertz CT molecular complexity index is 1060. The Morgan fingerprint density at radius 3 is 1.78 bits per heavy atom. The summed E-state index contributed by atoms with van der Waals surface area (Å²) >= 11 is 0. The molecule has 0 amide bonds. The van der Waals surface area contributed by atoms with E-state index in [1.165, 1.54) is 11.6 Å². The first-order valence-electron chi connectivity index (χ1n) is 12.4. The highest BCUT2D eigenvalue weighted by atomic mass is 16.6. The molecule has 0 saturated heterocycles. The largest absolute Gasteiger partial charge is 0.490 e. The number of rotatable bonds is 14. The number of esters is 2. The fourth-order valence-electron chi connectivity index (χ4n) is 3.78. The van der Waals surface area contributed by atoms with Gasteiger partial charge in [-0.3, -0.25) is 0 Å². The van der Waals surface area contributed by atoms with Gasteiger partial charge in [0.1, 0.15) is 24.6 Å². The molecule has 0 aliphatic carbocycles. The first kappa shape index (κ1) is 29.8. The van der Waals surface area contributed by atoms with Crippen LogP contribution in [0.25, 0.3) is 0 Å². The van der Waals surface area contributed by atoms with Gasteiger partial charge in [-0.15, -0.1) is 0 Å². The highest BCUT2D eigenvalue weighted by Gasteiger charge is 2.27. The van der Waals surface area contributed by atoms with Crippen LogP contribution in [-0.4, -0.2) is 37.4 Å². The van der Waals surface area contributed by atoms with Gasteiger partial charge in [-0.1, -0.05) is 63.4 Å². The van der Waals surface area contributed by atoms with Gasteiger partial charge in [0.15, 0.2) is 0 Å². The lowest BCUT2D eigenvalue weighted by Gasteiger charge is -2.31. The standard InChI is InChI=1S/C31H40O6/c1-9-27(32)35-22-21-34-26-17-15-24(16-18-26)30(5,6)23-11-13-25(14-12-23)31(7,8)36-20-19-29(3,4)37-28(33)10-2/h9-18H,1-2,19-22H2,3-8H3. The molecule has 6 nitrogen and oxygen atoms in total. The molecular weight excluding hydrogens is 468 g/mol. The first-order chi connectivity index (χ1) is 17.3. The molecule has 0 aromatic heterocycles. The summed E-state index contributed by atoms with van der Waals surface area (Å²) in [6, 6.07) is 16.4. The molecule has 6 heteroatoms. The van der Waals surface area contributed by atoms with Gasteiger partial charge >= 0.3 is 11.9 Å². The summed E-state index contributed by atoms with van der Waals surface area (Å²) < 4.78 is 22.1. The van der Waals surface area contributed by atoms with Crippen molar-refractivity contribution in [2.24, 2.45) is 0 Å². The minimum Gasteiger partial charge on any atom is -0.490 e. The zero-order valence-electron chi connectivity index (χ0n) is 23.0. The van der Waals surface area contributed by atoms with E-state index in [1.54, 1.807) is 0 Å². The number of carbonyl (C=O) groups excluding carboxylic acids is 2. The topological polar surface area (TPSA) is 71.1 Å². The van der Waals surface area contributed by atoms with E-state index in [9.17, 15) is 9.59 Å². The summed E-state index contributed by atoms with van der Waals surface area (Å²) in [5, 5.41) is 0. The average Bonchev–Trinajstić information content (AvgIpc) is 2.86. The van der Waals surface area contributed by atoms with Crippen molar-refractivity contribution in [2.75, 3.05) is 19.8 Å². The number of hydrogen-bond acceptors (Lipinski definition) is 6. The van der Waals surface area contributed by atoms with Crippen molar-refractivity contribution in [3.05, 3.63) is 90.5 Å². The fourth-order valence-corrected chi connectivity index (χ4v) is 3.78. The second-order valence-corrected chi connectivity index (χ2v) is 10.4. The van der Waals surface area contributed by atoms with Gasteiger partial charge in [0.05, 0.1) is 12.2 Å². The van der Waals surface area contributed by atoms with Gasteiger partial charge in [0.2, 0.25) is 0 Å². The van der Waals surface area contributed by atoms with Gasteiger partial charge in [-0.05, 0) is 56.5 Å². The summed E-state index contributed by atoms with van der Waals surface area (Å²) in [5.74, 6) is -0.181. The molecule has 0 aliphatic rings. The van der Waals surface area contributed by atoms with Crippen LogP contribution in [0.1, 0.15) is 64.7 Å². The first-order valence-corrected chi connectivity index (χ1v) is 12.4. The van der Waals surface area contributed by atoms with Crippen molar-refractivity contribution < 1.29 is 28.5 Å². The molecule has 0 fully saturated rings. The molecular formula is C31H40O6. The van der Waals surface area contributed by atoms with Crippen LogP contribution >= 0.6 is 0 Å². The van der Waals surface area contributed by atoms with E-state index in [0.717, 1.165) is 17.2 Å².